The zero-order valence-corrected chi connectivity index (χ0v) is 15.5. The van der Waals surface area contributed by atoms with Crippen LogP contribution in [-0.4, -0.2) is 20.5 Å². The van der Waals surface area contributed by atoms with Crippen LogP contribution in [0.2, 0.25) is 0 Å². The molecule has 0 aliphatic carbocycles. The fourth-order valence-corrected chi connectivity index (χ4v) is 2.83. The van der Waals surface area contributed by atoms with E-state index in [4.69, 9.17) is 0 Å². The minimum atomic E-state index is -0.106. The number of para-hydroxylation sites is 1. The van der Waals surface area contributed by atoms with Crippen molar-refractivity contribution in [3.05, 3.63) is 53.3 Å². The van der Waals surface area contributed by atoms with Crippen LogP contribution in [0.1, 0.15) is 27.2 Å². The number of rotatable bonds is 3. The molecule has 2 aromatic heterocycles. The number of benzene rings is 1. The van der Waals surface area contributed by atoms with Gasteiger partial charge in [0.05, 0.1) is 16.4 Å². The molecular weight excluding hydrogens is 368 g/mol. The Morgan fingerprint density at radius 2 is 1.92 bits per heavy atom. The van der Waals surface area contributed by atoms with Crippen LogP contribution >= 0.6 is 15.9 Å². The molecule has 0 atom stereocenters. The predicted molar refractivity (Wildman–Crippen MR) is 98.3 cm³/mol. The van der Waals surface area contributed by atoms with E-state index in [-0.39, 0.29) is 11.3 Å². The fraction of sp³-hybridized carbons (Fsp3) is 0.278. The Hall–Kier alpha value is -2.21. The molecule has 0 aliphatic rings. The van der Waals surface area contributed by atoms with E-state index in [1.165, 1.54) is 0 Å². The van der Waals surface area contributed by atoms with Crippen LogP contribution in [0.5, 0.6) is 0 Å². The lowest BCUT2D eigenvalue weighted by molar-refractivity contribution is -0.119. The van der Waals surface area contributed by atoms with Gasteiger partial charge in [-0.15, -0.1) is 0 Å². The minimum Gasteiger partial charge on any atom is -0.274 e. The largest absolute Gasteiger partial charge is 0.274 e. The first-order valence-corrected chi connectivity index (χ1v) is 8.52. The molecule has 2 heterocycles. The van der Waals surface area contributed by atoms with Crippen LogP contribution in [0, 0.1) is 5.41 Å². The summed E-state index contributed by atoms with van der Waals surface area (Å²) in [4.78, 5) is 19.3. The van der Waals surface area contributed by atoms with E-state index in [2.05, 4.69) is 46.8 Å². The molecule has 0 spiro atoms. The second-order valence-electron chi connectivity index (χ2n) is 6.85. The smallest absolute Gasteiger partial charge is 0.233 e. The summed E-state index contributed by atoms with van der Waals surface area (Å²) in [6, 6.07) is 11.4. The van der Waals surface area contributed by atoms with Crippen LogP contribution in [0.3, 0.4) is 0 Å². The topological polar surface area (TPSA) is 50.5 Å². The van der Waals surface area contributed by atoms with Crippen molar-refractivity contribution in [2.45, 2.75) is 27.2 Å². The molecular formula is C18H19BrN4O. The number of fused-ring (bicyclic) bond motifs is 1. The lowest BCUT2D eigenvalue weighted by Gasteiger charge is -2.26. The van der Waals surface area contributed by atoms with Crippen LogP contribution in [-0.2, 0) is 4.79 Å². The van der Waals surface area contributed by atoms with Crippen LogP contribution in [0.4, 0.5) is 11.5 Å². The number of halogens is 1. The highest BCUT2D eigenvalue weighted by Gasteiger charge is 2.25. The molecule has 3 rings (SSSR count). The molecule has 0 N–H and O–H groups in total. The molecule has 3 aromatic rings. The van der Waals surface area contributed by atoms with Crippen molar-refractivity contribution in [2.75, 3.05) is 4.90 Å². The second kappa shape index (κ2) is 6.36. The Balaban J connectivity index is 2.09. The molecule has 0 bridgehead atoms. The number of anilines is 2. The first kappa shape index (κ1) is 16.6. The zero-order chi connectivity index (χ0) is 17.3. The molecule has 124 valence electrons. The highest BCUT2D eigenvalue weighted by Crippen LogP contribution is 2.29. The van der Waals surface area contributed by atoms with Crippen molar-refractivity contribution in [3.63, 3.8) is 0 Å². The van der Waals surface area contributed by atoms with Crippen molar-refractivity contribution < 1.29 is 4.79 Å². The van der Waals surface area contributed by atoms with E-state index in [0.717, 1.165) is 10.2 Å². The molecule has 0 saturated heterocycles. The van der Waals surface area contributed by atoms with Gasteiger partial charge in [0.15, 0.2) is 5.65 Å². The van der Waals surface area contributed by atoms with Gasteiger partial charge < -0.3 is 0 Å². The molecule has 5 nitrogen and oxygen atoms in total. The van der Waals surface area contributed by atoms with E-state index in [0.29, 0.717) is 17.9 Å². The number of aromatic nitrogens is 3. The SMILES string of the molecule is CC(C)(C)CC(=O)N(c1ccccc1)c1ccn2ncc(Br)c2n1. The standard InChI is InChI=1S/C18H19BrN4O/c1-18(2,3)11-16(24)23(13-7-5-4-6-8-13)15-9-10-22-17(21-15)14(19)12-20-22/h4-10,12H,11H2,1-3H3. The van der Waals surface area contributed by atoms with Crippen LogP contribution < -0.4 is 4.90 Å². The van der Waals surface area contributed by atoms with Gasteiger partial charge in [0, 0.05) is 12.6 Å². The molecule has 0 fully saturated rings. The Morgan fingerprint density at radius 3 is 2.58 bits per heavy atom. The highest BCUT2D eigenvalue weighted by molar-refractivity contribution is 9.10. The van der Waals surface area contributed by atoms with Crippen molar-refractivity contribution in [2.24, 2.45) is 5.41 Å². The quantitative estimate of drug-likeness (QED) is 0.661. The molecule has 0 radical (unpaired) electrons. The molecule has 0 aliphatic heterocycles. The number of nitrogens with zero attached hydrogens (tertiary/aromatic N) is 4. The lowest BCUT2D eigenvalue weighted by Crippen LogP contribution is -2.30. The molecule has 0 saturated carbocycles. The maximum absolute atomic E-state index is 13.0. The number of hydrogen-bond donors (Lipinski definition) is 0. The van der Waals surface area contributed by atoms with Gasteiger partial charge >= 0.3 is 0 Å². The van der Waals surface area contributed by atoms with Gasteiger partial charge in [-0.2, -0.15) is 5.10 Å². The summed E-state index contributed by atoms with van der Waals surface area (Å²) >= 11 is 3.44. The summed E-state index contributed by atoms with van der Waals surface area (Å²) in [6.07, 6.45) is 3.92. The Morgan fingerprint density at radius 1 is 1.21 bits per heavy atom. The molecule has 24 heavy (non-hydrogen) atoms. The Bertz CT molecular complexity index is 868. The van der Waals surface area contributed by atoms with Crippen LogP contribution in [0.15, 0.2) is 53.3 Å². The van der Waals surface area contributed by atoms with Gasteiger partial charge in [0.1, 0.15) is 5.82 Å². The third-order valence-electron chi connectivity index (χ3n) is 3.49. The summed E-state index contributed by atoms with van der Waals surface area (Å²) in [5, 5.41) is 4.20. The summed E-state index contributed by atoms with van der Waals surface area (Å²) in [6.45, 7) is 6.16. The maximum atomic E-state index is 13.0. The number of carbonyl (C=O) groups excluding carboxylic acids is 1. The van der Waals surface area contributed by atoms with E-state index < -0.39 is 0 Å². The fourth-order valence-electron chi connectivity index (χ4n) is 2.47. The molecule has 0 unspecified atom stereocenters. The van der Waals surface area contributed by atoms with Gasteiger partial charge in [-0.1, -0.05) is 39.0 Å². The zero-order valence-electron chi connectivity index (χ0n) is 13.9. The molecule has 1 amide bonds. The first-order chi connectivity index (χ1) is 11.3. The van der Waals surface area contributed by atoms with Gasteiger partial charge in [0.25, 0.3) is 0 Å². The van der Waals surface area contributed by atoms with Gasteiger partial charge in [0.2, 0.25) is 5.91 Å². The van der Waals surface area contributed by atoms with Crippen LogP contribution in [0.25, 0.3) is 5.65 Å². The number of carbonyl (C=O) groups is 1. The van der Waals surface area contributed by atoms with Crippen molar-refractivity contribution in [3.8, 4) is 0 Å². The number of hydrogen-bond acceptors (Lipinski definition) is 3. The van der Waals surface area contributed by atoms with Gasteiger partial charge in [-0.25, -0.2) is 9.50 Å². The number of amides is 1. The van der Waals surface area contributed by atoms with E-state index in [1.807, 2.05) is 36.5 Å². The van der Waals surface area contributed by atoms with Crippen molar-refractivity contribution in [1.82, 2.24) is 14.6 Å². The second-order valence-corrected chi connectivity index (χ2v) is 7.70. The Kier molecular flexibility index (Phi) is 4.41. The van der Waals surface area contributed by atoms with E-state index >= 15 is 0 Å². The van der Waals surface area contributed by atoms with Crippen molar-refractivity contribution in [1.29, 1.82) is 0 Å². The summed E-state index contributed by atoms with van der Waals surface area (Å²) < 4.78 is 2.46. The molecule has 6 heteroatoms. The normalized spacial score (nSPS) is 11.7. The summed E-state index contributed by atoms with van der Waals surface area (Å²) in [5.41, 5.74) is 1.38. The highest BCUT2D eigenvalue weighted by atomic mass is 79.9. The van der Waals surface area contributed by atoms with E-state index in [9.17, 15) is 4.79 Å². The Labute approximate surface area is 149 Å². The average Bonchev–Trinajstić information content (AvgIpc) is 2.88. The van der Waals surface area contributed by atoms with Gasteiger partial charge in [-0.3, -0.25) is 9.69 Å². The average molecular weight is 387 g/mol. The van der Waals surface area contributed by atoms with Crippen molar-refractivity contribution >= 4 is 39.0 Å². The van der Waals surface area contributed by atoms with Gasteiger partial charge in [-0.05, 0) is 39.5 Å². The molecule has 1 aromatic carbocycles. The summed E-state index contributed by atoms with van der Waals surface area (Å²) in [5.74, 6) is 0.602. The monoisotopic (exact) mass is 386 g/mol. The predicted octanol–water partition coefficient (Wildman–Crippen LogP) is 4.59. The summed E-state index contributed by atoms with van der Waals surface area (Å²) in [7, 11) is 0. The third kappa shape index (κ3) is 3.48. The van der Waals surface area contributed by atoms with E-state index in [1.54, 1.807) is 21.7 Å². The minimum absolute atomic E-state index is 0.0150. The first-order valence-electron chi connectivity index (χ1n) is 7.73. The lowest BCUT2D eigenvalue weighted by atomic mass is 9.91. The third-order valence-corrected chi connectivity index (χ3v) is 4.05. The maximum Gasteiger partial charge on any atom is 0.233 e.